The van der Waals surface area contributed by atoms with Gasteiger partial charge in [0, 0.05) is 20.3 Å². The second kappa shape index (κ2) is 10.5. The second-order valence-corrected chi connectivity index (χ2v) is 4.59. The molecule has 0 amide bonds. The van der Waals surface area contributed by atoms with Crippen LogP contribution in [0.25, 0.3) is 0 Å². The highest BCUT2D eigenvalue weighted by Gasteiger charge is 2.06. The number of hydrogen-bond donors (Lipinski definition) is 1. The molecule has 0 bridgehead atoms. The van der Waals surface area contributed by atoms with E-state index in [4.69, 9.17) is 14.2 Å². The maximum Gasteiger partial charge on any atom is 0.161 e. The zero-order valence-corrected chi connectivity index (χ0v) is 12.9. The van der Waals surface area contributed by atoms with Crippen LogP contribution >= 0.6 is 0 Å². The van der Waals surface area contributed by atoms with Crippen molar-refractivity contribution in [2.75, 3.05) is 33.5 Å². The van der Waals surface area contributed by atoms with E-state index in [9.17, 15) is 0 Å². The van der Waals surface area contributed by atoms with E-state index in [0.717, 1.165) is 44.0 Å². The van der Waals surface area contributed by atoms with Crippen molar-refractivity contribution in [3.05, 3.63) is 23.8 Å². The molecule has 1 aromatic rings. The molecule has 0 spiro atoms. The third-order valence-corrected chi connectivity index (χ3v) is 2.80. The van der Waals surface area contributed by atoms with Crippen molar-refractivity contribution < 1.29 is 14.2 Å². The fourth-order valence-corrected chi connectivity index (χ4v) is 1.84. The molecule has 4 heteroatoms. The van der Waals surface area contributed by atoms with Crippen LogP contribution in [0, 0.1) is 0 Å². The summed E-state index contributed by atoms with van der Waals surface area (Å²) in [5.74, 6) is 1.66. The smallest absolute Gasteiger partial charge is 0.161 e. The fourth-order valence-electron chi connectivity index (χ4n) is 1.84. The minimum absolute atomic E-state index is 0.646. The van der Waals surface area contributed by atoms with E-state index in [1.807, 2.05) is 13.0 Å². The van der Waals surface area contributed by atoms with E-state index in [1.165, 1.54) is 5.56 Å². The largest absolute Gasteiger partial charge is 0.490 e. The molecule has 0 aliphatic heterocycles. The van der Waals surface area contributed by atoms with Gasteiger partial charge in [-0.25, -0.2) is 0 Å². The summed E-state index contributed by atoms with van der Waals surface area (Å²) >= 11 is 0. The third-order valence-electron chi connectivity index (χ3n) is 2.80. The van der Waals surface area contributed by atoms with Gasteiger partial charge in [0.05, 0.1) is 13.2 Å². The van der Waals surface area contributed by atoms with Gasteiger partial charge in [0.2, 0.25) is 0 Å². The summed E-state index contributed by atoms with van der Waals surface area (Å²) in [7, 11) is 1.73. The zero-order chi connectivity index (χ0) is 14.6. The van der Waals surface area contributed by atoms with Crippen LogP contribution < -0.4 is 14.8 Å². The molecule has 0 radical (unpaired) electrons. The summed E-state index contributed by atoms with van der Waals surface area (Å²) < 4.78 is 16.4. The lowest BCUT2D eigenvalue weighted by atomic mass is 10.2. The highest BCUT2D eigenvalue weighted by molar-refractivity contribution is 5.43. The second-order valence-electron chi connectivity index (χ2n) is 4.59. The Morgan fingerprint density at radius 3 is 2.60 bits per heavy atom. The van der Waals surface area contributed by atoms with E-state index >= 15 is 0 Å². The summed E-state index contributed by atoms with van der Waals surface area (Å²) in [6.45, 7) is 8.02. The van der Waals surface area contributed by atoms with Gasteiger partial charge in [-0.3, -0.25) is 0 Å². The van der Waals surface area contributed by atoms with Gasteiger partial charge in [-0.1, -0.05) is 13.0 Å². The van der Waals surface area contributed by atoms with E-state index in [0.29, 0.717) is 13.2 Å². The fraction of sp³-hybridized carbons (Fsp3) is 0.625. The molecule has 1 rings (SSSR count). The van der Waals surface area contributed by atoms with Crippen LogP contribution in [-0.4, -0.2) is 33.5 Å². The topological polar surface area (TPSA) is 39.7 Å². The first-order chi connectivity index (χ1) is 9.81. The minimum Gasteiger partial charge on any atom is -0.490 e. The average molecular weight is 281 g/mol. The Morgan fingerprint density at radius 1 is 1.05 bits per heavy atom. The predicted octanol–water partition coefficient (Wildman–Crippen LogP) is 3.00. The lowest BCUT2D eigenvalue weighted by Gasteiger charge is -2.13. The molecule has 1 N–H and O–H groups in total. The first kappa shape index (κ1) is 16.8. The Labute approximate surface area is 122 Å². The zero-order valence-electron chi connectivity index (χ0n) is 12.9. The van der Waals surface area contributed by atoms with Crippen molar-refractivity contribution >= 4 is 0 Å². The standard InChI is InChI=1S/C16H27NO3/c1-4-10-20-15-8-7-14(12-16(15)19-5-2)13-17-9-6-11-18-3/h7-8,12,17H,4-6,9-11,13H2,1-3H3. The SMILES string of the molecule is CCCOc1ccc(CNCCCOC)cc1OCC. The van der Waals surface area contributed by atoms with Gasteiger partial charge >= 0.3 is 0 Å². The quantitative estimate of drug-likeness (QED) is 0.633. The van der Waals surface area contributed by atoms with Gasteiger partial charge in [-0.05, 0) is 44.0 Å². The number of nitrogens with one attached hydrogen (secondary N) is 1. The number of hydrogen-bond acceptors (Lipinski definition) is 4. The van der Waals surface area contributed by atoms with Gasteiger partial charge in [-0.15, -0.1) is 0 Å². The number of rotatable bonds is 11. The average Bonchev–Trinajstić information content (AvgIpc) is 2.46. The number of benzene rings is 1. The minimum atomic E-state index is 0.646. The van der Waals surface area contributed by atoms with E-state index in [2.05, 4.69) is 24.4 Å². The summed E-state index contributed by atoms with van der Waals surface area (Å²) in [5.41, 5.74) is 1.20. The van der Waals surface area contributed by atoms with Crippen molar-refractivity contribution in [2.24, 2.45) is 0 Å². The summed E-state index contributed by atoms with van der Waals surface area (Å²) in [6.07, 6.45) is 2.01. The highest BCUT2D eigenvalue weighted by Crippen LogP contribution is 2.28. The lowest BCUT2D eigenvalue weighted by Crippen LogP contribution is -2.16. The van der Waals surface area contributed by atoms with E-state index < -0.39 is 0 Å². The van der Waals surface area contributed by atoms with Crippen LogP contribution in [0.3, 0.4) is 0 Å². The molecule has 0 aliphatic carbocycles. The molecule has 0 saturated heterocycles. The van der Waals surface area contributed by atoms with E-state index in [-0.39, 0.29) is 0 Å². The molecule has 20 heavy (non-hydrogen) atoms. The van der Waals surface area contributed by atoms with Crippen LogP contribution in [0.5, 0.6) is 11.5 Å². The summed E-state index contributed by atoms with van der Waals surface area (Å²) in [5, 5.41) is 3.39. The number of methoxy groups -OCH3 is 1. The highest BCUT2D eigenvalue weighted by atomic mass is 16.5. The van der Waals surface area contributed by atoms with Gasteiger partial charge in [0.25, 0.3) is 0 Å². The molecule has 0 atom stereocenters. The maximum atomic E-state index is 5.69. The molecular weight excluding hydrogens is 254 g/mol. The molecule has 0 saturated carbocycles. The van der Waals surface area contributed by atoms with Crippen molar-refractivity contribution in [3.63, 3.8) is 0 Å². The Kier molecular flexibility index (Phi) is 8.83. The summed E-state index contributed by atoms with van der Waals surface area (Å²) in [6, 6.07) is 6.13. The van der Waals surface area contributed by atoms with Crippen LogP contribution in [0.1, 0.15) is 32.3 Å². The Hall–Kier alpha value is -1.26. The van der Waals surface area contributed by atoms with Gasteiger partial charge in [0.1, 0.15) is 0 Å². The van der Waals surface area contributed by atoms with Crippen molar-refractivity contribution in [2.45, 2.75) is 33.2 Å². The molecule has 0 aliphatic rings. The van der Waals surface area contributed by atoms with Crippen LogP contribution in [0.4, 0.5) is 0 Å². The maximum absolute atomic E-state index is 5.69. The summed E-state index contributed by atoms with van der Waals surface area (Å²) in [4.78, 5) is 0. The Balaban J connectivity index is 2.52. The van der Waals surface area contributed by atoms with Gasteiger partial charge < -0.3 is 19.5 Å². The Morgan fingerprint density at radius 2 is 1.90 bits per heavy atom. The van der Waals surface area contributed by atoms with Gasteiger partial charge in [0.15, 0.2) is 11.5 Å². The van der Waals surface area contributed by atoms with Crippen molar-refractivity contribution in [3.8, 4) is 11.5 Å². The van der Waals surface area contributed by atoms with Crippen molar-refractivity contribution in [1.29, 1.82) is 0 Å². The molecular formula is C16H27NO3. The molecule has 0 fully saturated rings. The normalized spacial score (nSPS) is 10.6. The van der Waals surface area contributed by atoms with E-state index in [1.54, 1.807) is 7.11 Å². The van der Waals surface area contributed by atoms with Gasteiger partial charge in [-0.2, -0.15) is 0 Å². The third kappa shape index (κ3) is 6.26. The molecule has 114 valence electrons. The first-order valence-corrected chi connectivity index (χ1v) is 7.40. The monoisotopic (exact) mass is 281 g/mol. The molecule has 0 unspecified atom stereocenters. The lowest BCUT2D eigenvalue weighted by molar-refractivity contribution is 0.194. The first-order valence-electron chi connectivity index (χ1n) is 7.40. The van der Waals surface area contributed by atoms with Crippen LogP contribution in [0.2, 0.25) is 0 Å². The molecule has 1 aromatic carbocycles. The van der Waals surface area contributed by atoms with Crippen LogP contribution in [-0.2, 0) is 11.3 Å². The molecule has 4 nitrogen and oxygen atoms in total. The predicted molar refractivity (Wildman–Crippen MR) is 81.6 cm³/mol. The molecule has 0 aromatic heterocycles. The number of ether oxygens (including phenoxy) is 3. The molecule has 0 heterocycles. The van der Waals surface area contributed by atoms with Crippen LogP contribution in [0.15, 0.2) is 18.2 Å². The van der Waals surface area contributed by atoms with Crippen molar-refractivity contribution in [1.82, 2.24) is 5.32 Å². The Bertz CT molecular complexity index is 369.